The third-order valence-electron chi connectivity index (χ3n) is 3.47. The summed E-state index contributed by atoms with van der Waals surface area (Å²) in [5, 5.41) is 4.11. The zero-order chi connectivity index (χ0) is 18.4. The minimum absolute atomic E-state index is 0.200. The van der Waals surface area contributed by atoms with Crippen LogP contribution in [-0.2, 0) is 23.8 Å². The molecule has 0 unspecified atom stereocenters. The van der Waals surface area contributed by atoms with Crippen molar-refractivity contribution in [2.75, 3.05) is 20.8 Å². The molecule has 0 radical (unpaired) electrons. The predicted octanol–water partition coefficient (Wildman–Crippen LogP) is 1.48. The van der Waals surface area contributed by atoms with Crippen LogP contribution in [-0.4, -0.2) is 48.5 Å². The number of esters is 3. The lowest BCUT2D eigenvalue weighted by atomic mass is 9.95. The van der Waals surface area contributed by atoms with E-state index in [0.29, 0.717) is 5.69 Å². The molecular formula is C17H18N2O6. The van der Waals surface area contributed by atoms with Crippen LogP contribution in [0.4, 0.5) is 0 Å². The predicted molar refractivity (Wildman–Crippen MR) is 86.3 cm³/mol. The van der Waals surface area contributed by atoms with Crippen molar-refractivity contribution in [3.8, 4) is 5.69 Å². The number of carbonyl (C=O) groups is 3. The van der Waals surface area contributed by atoms with Crippen molar-refractivity contribution < 1.29 is 28.6 Å². The molecule has 8 heteroatoms. The molecule has 1 aromatic carbocycles. The van der Waals surface area contributed by atoms with Crippen molar-refractivity contribution in [1.82, 2.24) is 9.78 Å². The molecule has 1 heterocycles. The zero-order valence-corrected chi connectivity index (χ0v) is 14.1. The Morgan fingerprint density at radius 2 is 1.84 bits per heavy atom. The molecule has 0 saturated carbocycles. The molecule has 8 nitrogen and oxygen atoms in total. The third-order valence-corrected chi connectivity index (χ3v) is 3.47. The standard InChI is InChI=1S/C17H18N2O6/c1-4-25-15(20)11-6-7-13(19-9-5-8-18-19)12(10-11)14(16(21)23-2)17(22)24-3/h5-10,14H,4H2,1-3H3. The molecule has 1 aromatic heterocycles. The smallest absolute Gasteiger partial charge is 0.338 e. The van der Waals surface area contributed by atoms with E-state index in [0.717, 1.165) is 0 Å². The Morgan fingerprint density at radius 1 is 1.16 bits per heavy atom. The molecule has 0 aliphatic heterocycles. The fourth-order valence-electron chi connectivity index (χ4n) is 2.33. The topological polar surface area (TPSA) is 96.7 Å². The monoisotopic (exact) mass is 346 g/mol. The number of benzene rings is 1. The first kappa shape index (κ1) is 18.2. The van der Waals surface area contributed by atoms with Gasteiger partial charge in [0.2, 0.25) is 0 Å². The lowest BCUT2D eigenvalue weighted by Gasteiger charge is -2.17. The average molecular weight is 346 g/mol. The number of hydrogen-bond donors (Lipinski definition) is 0. The molecule has 0 aliphatic rings. The van der Waals surface area contributed by atoms with Gasteiger partial charge in [0.1, 0.15) is 0 Å². The van der Waals surface area contributed by atoms with Gasteiger partial charge in [-0.1, -0.05) is 0 Å². The Balaban J connectivity index is 2.64. The summed E-state index contributed by atoms with van der Waals surface area (Å²) in [5.74, 6) is -3.53. The van der Waals surface area contributed by atoms with Crippen molar-refractivity contribution in [2.45, 2.75) is 12.8 Å². The van der Waals surface area contributed by atoms with Gasteiger partial charge in [-0.15, -0.1) is 0 Å². The number of nitrogens with zero attached hydrogens (tertiary/aromatic N) is 2. The van der Waals surface area contributed by atoms with E-state index in [-0.39, 0.29) is 17.7 Å². The molecule has 0 atom stereocenters. The molecule has 2 aromatic rings. The first-order valence-corrected chi connectivity index (χ1v) is 7.50. The van der Waals surface area contributed by atoms with Crippen LogP contribution in [0.3, 0.4) is 0 Å². The van der Waals surface area contributed by atoms with Crippen LogP contribution in [0, 0.1) is 0 Å². The normalized spacial score (nSPS) is 10.4. The van der Waals surface area contributed by atoms with Crippen LogP contribution in [0.1, 0.15) is 28.8 Å². The van der Waals surface area contributed by atoms with Crippen molar-refractivity contribution in [3.05, 3.63) is 47.8 Å². The maximum atomic E-state index is 12.2. The Morgan fingerprint density at radius 3 is 2.36 bits per heavy atom. The van der Waals surface area contributed by atoms with Gasteiger partial charge in [-0.05, 0) is 31.2 Å². The summed E-state index contributed by atoms with van der Waals surface area (Å²) in [6.45, 7) is 1.88. The van der Waals surface area contributed by atoms with Crippen LogP contribution >= 0.6 is 0 Å². The van der Waals surface area contributed by atoms with E-state index in [9.17, 15) is 14.4 Å². The summed E-state index contributed by atoms with van der Waals surface area (Å²) in [6, 6.07) is 6.21. The number of ether oxygens (including phenoxy) is 3. The number of aromatic nitrogens is 2. The van der Waals surface area contributed by atoms with E-state index in [1.807, 2.05) is 0 Å². The van der Waals surface area contributed by atoms with Gasteiger partial charge in [-0.25, -0.2) is 9.48 Å². The number of methoxy groups -OCH3 is 2. The molecule has 0 aliphatic carbocycles. The van der Waals surface area contributed by atoms with Gasteiger partial charge in [-0.2, -0.15) is 5.10 Å². The van der Waals surface area contributed by atoms with E-state index in [2.05, 4.69) is 5.10 Å². The van der Waals surface area contributed by atoms with Crippen LogP contribution in [0.15, 0.2) is 36.7 Å². The summed E-state index contributed by atoms with van der Waals surface area (Å²) >= 11 is 0. The van der Waals surface area contributed by atoms with Crippen LogP contribution in [0.2, 0.25) is 0 Å². The molecule has 0 saturated heterocycles. The largest absolute Gasteiger partial charge is 0.468 e. The van der Waals surface area contributed by atoms with E-state index in [1.165, 1.54) is 31.0 Å². The quantitative estimate of drug-likeness (QED) is 0.444. The highest BCUT2D eigenvalue weighted by Crippen LogP contribution is 2.27. The molecule has 132 valence electrons. The molecule has 0 spiro atoms. The summed E-state index contributed by atoms with van der Waals surface area (Å²) in [5.41, 5.74) is 0.873. The number of hydrogen-bond acceptors (Lipinski definition) is 7. The SMILES string of the molecule is CCOC(=O)c1ccc(-n2cccn2)c(C(C(=O)OC)C(=O)OC)c1. The molecule has 2 rings (SSSR count). The Labute approximate surface area is 144 Å². The minimum atomic E-state index is -1.36. The fourth-order valence-corrected chi connectivity index (χ4v) is 2.33. The molecule has 25 heavy (non-hydrogen) atoms. The average Bonchev–Trinajstić information content (AvgIpc) is 3.16. The van der Waals surface area contributed by atoms with Gasteiger partial charge in [0.15, 0.2) is 5.92 Å². The summed E-state index contributed by atoms with van der Waals surface area (Å²) in [6.07, 6.45) is 3.20. The second-order valence-electron chi connectivity index (χ2n) is 4.92. The van der Waals surface area contributed by atoms with Gasteiger partial charge in [0.05, 0.1) is 32.1 Å². The molecule has 0 N–H and O–H groups in total. The lowest BCUT2D eigenvalue weighted by molar-refractivity contribution is -0.154. The highest BCUT2D eigenvalue weighted by Gasteiger charge is 2.34. The highest BCUT2D eigenvalue weighted by molar-refractivity contribution is 6.02. The number of rotatable bonds is 6. The fraction of sp³-hybridized carbons (Fsp3) is 0.294. The van der Waals surface area contributed by atoms with Crippen LogP contribution in [0.5, 0.6) is 0 Å². The van der Waals surface area contributed by atoms with Crippen molar-refractivity contribution >= 4 is 17.9 Å². The second kappa shape index (κ2) is 8.09. The van der Waals surface area contributed by atoms with Crippen LogP contribution < -0.4 is 0 Å². The van der Waals surface area contributed by atoms with E-state index < -0.39 is 23.8 Å². The first-order valence-electron chi connectivity index (χ1n) is 7.50. The van der Waals surface area contributed by atoms with Crippen molar-refractivity contribution in [1.29, 1.82) is 0 Å². The minimum Gasteiger partial charge on any atom is -0.468 e. The van der Waals surface area contributed by atoms with E-state index in [1.54, 1.807) is 31.5 Å². The Bertz CT molecular complexity index is 753. The Kier molecular flexibility index (Phi) is 5.89. The van der Waals surface area contributed by atoms with Gasteiger partial charge < -0.3 is 14.2 Å². The lowest BCUT2D eigenvalue weighted by Crippen LogP contribution is -2.26. The van der Waals surface area contributed by atoms with Gasteiger partial charge in [-0.3, -0.25) is 9.59 Å². The third kappa shape index (κ3) is 3.85. The molecule has 0 bridgehead atoms. The second-order valence-corrected chi connectivity index (χ2v) is 4.92. The first-order chi connectivity index (χ1) is 12.0. The Hall–Kier alpha value is -3.16. The van der Waals surface area contributed by atoms with Gasteiger partial charge in [0.25, 0.3) is 0 Å². The van der Waals surface area contributed by atoms with Crippen LogP contribution in [0.25, 0.3) is 5.69 Å². The van der Waals surface area contributed by atoms with E-state index >= 15 is 0 Å². The zero-order valence-electron chi connectivity index (χ0n) is 14.1. The molecule has 0 amide bonds. The van der Waals surface area contributed by atoms with Crippen molar-refractivity contribution in [2.24, 2.45) is 0 Å². The maximum absolute atomic E-state index is 12.2. The summed E-state index contributed by atoms with van der Waals surface area (Å²) in [7, 11) is 2.34. The van der Waals surface area contributed by atoms with E-state index in [4.69, 9.17) is 14.2 Å². The number of carbonyl (C=O) groups excluding carboxylic acids is 3. The summed E-state index contributed by atoms with van der Waals surface area (Å²) < 4.78 is 15.9. The molecular weight excluding hydrogens is 328 g/mol. The highest BCUT2D eigenvalue weighted by atomic mass is 16.5. The maximum Gasteiger partial charge on any atom is 0.338 e. The van der Waals surface area contributed by atoms with Gasteiger partial charge in [0, 0.05) is 18.0 Å². The molecule has 0 fully saturated rings. The van der Waals surface area contributed by atoms with Crippen molar-refractivity contribution in [3.63, 3.8) is 0 Å². The summed E-state index contributed by atoms with van der Waals surface area (Å²) in [4.78, 5) is 36.4. The van der Waals surface area contributed by atoms with Gasteiger partial charge >= 0.3 is 17.9 Å².